The molecule has 0 amide bonds. The molecule has 1 rings (SSSR count). The molecule has 18 heavy (non-hydrogen) atoms. The van der Waals surface area contributed by atoms with E-state index in [9.17, 15) is 8.42 Å². The van der Waals surface area contributed by atoms with Crippen molar-refractivity contribution in [3.8, 4) is 0 Å². The zero-order valence-electron chi connectivity index (χ0n) is 11.6. The van der Waals surface area contributed by atoms with Gasteiger partial charge in [0.1, 0.15) is 0 Å². The van der Waals surface area contributed by atoms with E-state index >= 15 is 0 Å². The highest BCUT2D eigenvalue weighted by molar-refractivity contribution is 7.91. The molecule has 4 nitrogen and oxygen atoms in total. The van der Waals surface area contributed by atoms with Gasteiger partial charge in [-0.3, -0.25) is 0 Å². The summed E-state index contributed by atoms with van der Waals surface area (Å²) in [7, 11) is -2.79. The quantitative estimate of drug-likeness (QED) is 0.682. The second-order valence-corrected chi connectivity index (χ2v) is 7.97. The maximum Gasteiger partial charge on any atom is 0.150 e. The minimum absolute atomic E-state index is 0.244. The van der Waals surface area contributed by atoms with Crippen LogP contribution in [-0.2, 0) is 14.6 Å². The fourth-order valence-electron chi connectivity index (χ4n) is 2.40. The molecule has 1 heterocycles. The molecule has 0 radical (unpaired) electrons. The van der Waals surface area contributed by atoms with Crippen molar-refractivity contribution in [3.63, 3.8) is 0 Å². The lowest BCUT2D eigenvalue weighted by molar-refractivity contribution is 0.104. The second kappa shape index (κ2) is 7.46. The van der Waals surface area contributed by atoms with Crippen molar-refractivity contribution in [2.24, 2.45) is 23.5 Å². The number of hydrogen-bond acceptors (Lipinski definition) is 4. The van der Waals surface area contributed by atoms with E-state index in [1.165, 1.54) is 0 Å². The number of rotatable bonds is 8. The van der Waals surface area contributed by atoms with Crippen molar-refractivity contribution >= 4 is 9.84 Å². The van der Waals surface area contributed by atoms with Crippen LogP contribution >= 0.6 is 0 Å². The Labute approximate surface area is 111 Å². The first-order valence-corrected chi connectivity index (χ1v) is 8.75. The van der Waals surface area contributed by atoms with Crippen LogP contribution in [0.3, 0.4) is 0 Å². The normalized spacial score (nSPS) is 24.6. The van der Waals surface area contributed by atoms with Crippen molar-refractivity contribution in [2.45, 2.75) is 33.1 Å². The van der Waals surface area contributed by atoms with Crippen LogP contribution in [0.2, 0.25) is 0 Å². The molecule has 5 heteroatoms. The number of hydrogen-bond donors (Lipinski definition) is 1. The Hall–Kier alpha value is -0.130. The minimum Gasteiger partial charge on any atom is -0.381 e. The fraction of sp³-hybridized carbons (Fsp3) is 1.00. The van der Waals surface area contributed by atoms with Crippen molar-refractivity contribution in [3.05, 3.63) is 0 Å². The van der Waals surface area contributed by atoms with Crippen LogP contribution in [0.15, 0.2) is 0 Å². The van der Waals surface area contributed by atoms with E-state index < -0.39 is 9.84 Å². The Morgan fingerprint density at radius 1 is 1.28 bits per heavy atom. The average Bonchev–Trinajstić information content (AvgIpc) is 2.63. The highest BCUT2D eigenvalue weighted by Gasteiger charge is 2.32. The zero-order valence-corrected chi connectivity index (χ0v) is 12.4. The van der Waals surface area contributed by atoms with Gasteiger partial charge in [0.2, 0.25) is 0 Å². The van der Waals surface area contributed by atoms with Gasteiger partial charge in [0.05, 0.1) is 11.5 Å². The molecule has 1 aliphatic rings. The fourth-order valence-corrected chi connectivity index (χ4v) is 4.32. The number of ether oxygens (including phenoxy) is 1. The van der Waals surface area contributed by atoms with Gasteiger partial charge < -0.3 is 10.5 Å². The summed E-state index contributed by atoms with van der Waals surface area (Å²) in [6, 6.07) is 0. The molecule has 1 saturated heterocycles. The lowest BCUT2D eigenvalue weighted by Gasteiger charge is -2.20. The summed E-state index contributed by atoms with van der Waals surface area (Å²) >= 11 is 0. The predicted molar refractivity (Wildman–Crippen MR) is 74.2 cm³/mol. The first-order valence-electron chi connectivity index (χ1n) is 6.93. The van der Waals surface area contributed by atoms with Gasteiger partial charge in [0, 0.05) is 13.2 Å². The molecule has 1 fully saturated rings. The van der Waals surface area contributed by atoms with Gasteiger partial charge in [-0.1, -0.05) is 13.8 Å². The van der Waals surface area contributed by atoms with E-state index in [1.54, 1.807) is 0 Å². The predicted octanol–water partition coefficient (Wildman–Crippen LogP) is 1.45. The molecule has 0 aromatic carbocycles. The molecule has 108 valence electrons. The molecular formula is C13H27NO3S. The molecule has 2 unspecified atom stereocenters. The molecule has 1 aliphatic heterocycles. The Morgan fingerprint density at radius 2 is 1.94 bits per heavy atom. The molecule has 2 atom stereocenters. The zero-order chi connectivity index (χ0) is 13.6. The first kappa shape index (κ1) is 15.9. The molecule has 0 aromatic heterocycles. The summed E-state index contributed by atoms with van der Waals surface area (Å²) in [6.45, 7) is 6.40. The largest absolute Gasteiger partial charge is 0.381 e. The Bertz CT molecular complexity index is 327. The summed E-state index contributed by atoms with van der Waals surface area (Å²) in [5.41, 5.74) is 5.75. The summed E-state index contributed by atoms with van der Waals surface area (Å²) in [4.78, 5) is 0. The van der Waals surface area contributed by atoms with Gasteiger partial charge in [-0.15, -0.1) is 0 Å². The summed E-state index contributed by atoms with van der Waals surface area (Å²) < 4.78 is 28.5. The second-order valence-electron chi connectivity index (χ2n) is 5.74. The molecule has 2 N–H and O–H groups in total. The van der Waals surface area contributed by atoms with Gasteiger partial charge in [-0.25, -0.2) is 8.42 Å². The molecule has 0 spiro atoms. The van der Waals surface area contributed by atoms with Crippen LogP contribution in [0.4, 0.5) is 0 Å². The minimum atomic E-state index is -2.79. The van der Waals surface area contributed by atoms with Gasteiger partial charge in [0.15, 0.2) is 9.84 Å². The third-order valence-corrected chi connectivity index (χ3v) is 5.50. The van der Waals surface area contributed by atoms with Crippen LogP contribution in [0.1, 0.15) is 33.1 Å². The van der Waals surface area contributed by atoms with Gasteiger partial charge in [-0.2, -0.15) is 0 Å². The van der Waals surface area contributed by atoms with Crippen LogP contribution in [0.5, 0.6) is 0 Å². The first-order chi connectivity index (χ1) is 8.44. The Balaban J connectivity index is 2.22. The number of nitrogens with two attached hydrogens (primary N) is 1. The summed E-state index contributed by atoms with van der Waals surface area (Å²) in [5, 5.41) is 0. The molecule has 0 aliphatic carbocycles. The maximum absolute atomic E-state index is 11.4. The van der Waals surface area contributed by atoms with Crippen LogP contribution < -0.4 is 5.73 Å². The van der Waals surface area contributed by atoms with Crippen LogP contribution in [0.25, 0.3) is 0 Å². The monoisotopic (exact) mass is 277 g/mol. The van der Waals surface area contributed by atoms with E-state index in [0.29, 0.717) is 36.5 Å². The van der Waals surface area contributed by atoms with Crippen molar-refractivity contribution in [1.29, 1.82) is 0 Å². The van der Waals surface area contributed by atoms with Gasteiger partial charge >= 0.3 is 0 Å². The highest BCUT2D eigenvalue weighted by Crippen LogP contribution is 2.27. The summed E-state index contributed by atoms with van der Waals surface area (Å²) in [5.74, 6) is 1.86. The van der Waals surface area contributed by atoms with E-state index in [1.807, 2.05) is 0 Å². The average molecular weight is 277 g/mol. The van der Waals surface area contributed by atoms with Crippen molar-refractivity contribution in [2.75, 3.05) is 31.3 Å². The topological polar surface area (TPSA) is 69.4 Å². The van der Waals surface area contributed by atoms with Crippen LogP contribution in [-0.4, -0.2) is 39.7 Å². The summed E-state index contributed by atoms with van der Waals surface area (Å²) in [6.07, 6.45) is 2.73. The van der Waals surface area contributed by atoms with E-state index in [0.717, 1.165) is 25.9 Å². The molecule has 0 aromatic rings. The van der Waals surface area contributed by atoms with Gasteiger partial charge in [0.25, 0.3) is 0 Å². The van der Waals surface area contributed by atoms with E-state index in [2.05, 4.69) is 13.8 Å². The highest BCUT2D eigenvalue weighted by atomic mass is 32.2. The third-order valence-electron chi connectivity index (χ3n) is 3.71. The molecule has 0 bridgehead atoms. The lowest BCUT2D eigenvalue weighted by atomic mass is 9.89. The van der Waals surface area contributed by atoms with Crippen LogP contribution in [0, 0.1) is 17.8 Å². The standard InChI is InChI=1S/C13H27NO3S/c1-11(2)3-6-17-7-4-12(9-14)13-5-8-18(15,16)10-13/h11-13H,3-10,14H2,1-2H3. The Morgan fingerprint density at radius 3 is 2.44 bits per heavy atom. The molecule has 0 saturated carbocycles. The SMILES string of the molecule is CC(C)CCOCCC(CN)C1CCS(=O)(=O)C1. The number of sulfone groups is 1. The van der Waals surface area contributed by atoms with E-state index in [4.69, 9.17) is 10.5 Å². The van der Waals surface area contributed by atoms with E-state index in [-0.39, 0.29) is 5.92 Å². The van der Waals surface area contributed by atoms with Gasteiger partial charge in [-0.05, 0) is 43.6 Å². The molecular weight excluding hydrogens is 250 g/mol. The smallest absolute Gasteiger partial charge is 0.150 e. The maximum atomic E-state index is 11.4. The lowest BCUT2D eigenvalue weighted by Crippen LogP contribution is -2.26. The third kappa shape index (κ3) is 5.67. The van der Waals surface area contributed by atoms with Crippen molar-refractivity contribution in [1.82, 2.24) is 0 Å². The van der Waals surface area contributed by atoms with Crippen molar-refractivity contribution < 1.29 is 13.2 Å². The Kier molecular flexibility index (Phi) is 6.60.